The molecule has 0 amide bonds. The maximum Gasteiger partial charge on any atom is 0.337 e. The Balaban J connectivity index is 3.30. The molecule has 0 bridgehead atoms. The number of aliphatic carboxylic acids is 1. The number of hydrogen-bond acceptors (Lipinski definition) is 3. The molecule has 0 aliphatic rings. The van der Waals surface area contributed by atoms with Crippen LogP contribution in [-0.4, -0.2) is 23.3 Å². The predicted octanol–water partition coefficient (Wildman–Crippen LogP) is 1.26. The highest BCUT2D eigenvalue weighted by Gasteiger charge is 2.22. The zero-order chi connectivity index (χ0) is 11.6. The fourth-order valence-electron chi connectivity index (χ4n) is 1.31. The van der Waals surface area contributed by atoms with Crippen LogP contribution in [0.15, 0.2) is 12.1 Å². The van der Waals surface area contributed by atoms with Crippen molar-refractivity contribution in [3.63, 3.8) is 0 Å². The summed E-state index contributed by atoms with van der Waals surface area (Å²) in [5, 5.41) is 17.9. The average Bonchev–Trinajstić information content (AvgIpc) is 2.20. The number of halogens is 1. The van der Waals surface area contributed by atoms with Gasteiger partial charge in [-0.05, 0) is 19.1 Å². The molecule has 1 atom stereocenters. The van der Waals surface area contributed by atoms with E-state index in [4.69, 9.17) is 9.84 Å². The summed E-state index contributed by atoms with van der Waals surface area (Å²) in [6.45, 7) is 1.45. The minimum atomic E-state index is -1.71. The van der Waals surface area contributed by atoms with Crippen molar-refractivity contribution in [1.82, 2.24) is 0 Å². The number of carboxylic acids is 1. The van der Waals surface area contributed by atoms with E-state index in [0.717, 1.165) is 6.07 Å². The number of carbonyl (C=O) groups is 1. The van der Waals surface area contributed by atoms with Gasteiger partial charge in [-0.2, -0.15) is 0 Å². The molecule has 15 heavy (non-hydrogen) atoms. The van der Waals surface area contributed by atoms with Gasteiger partial charge in [0, 0.05) is 11.1 Å². The summed E-state index contributed by atoms with van der Waals surface area (Å²) in [5.41, 5.74) is 0.221. The molecule has 0 radical (unpaired) electrons. The lowest BCUT2D eigenvalue weighted by molar-refractivity contribution is -0.147. The molecule has 1 aromatic carbocycles. The Kier molecular flexibility index (Phi) is 3.26. The minimum Gasteiger partial charge on any atom is -0.496 e. The van der Waals surface area contributed by atoms with E-state index >= 15 is 0 Å². The summed E-state index contributed by atoms with van der Waals surface area (Å²) >= 11 is 0. The molecular formula is C10H11FO4. The molecule has 0 aromatic heterocycles. The number of rotatable bonds is 3. The number of benzene rings is 1. The predicted molar refractivity (Wildman–Crippen MR) is 50.3 cm³/mol. The summed E-state index contributed by atoms with van der Waals surface area (Å²) in [6.07, 6.45) is -1.71. The van der Waals surface area contributed by atoms with Gasteiger partial charge in [-0.25, -0.2) is 9.18 Å². The SMILES string of the molecule is COc1c(C(O)C(=O)O)ccc(F)c1C. The number of aliphatic hydroxyl groups excluding tert-OH is 1. The van der Waals surface area contributed by atoms with Crippen LogP contribution in [0.25, 0.3) is 0 Å². The van der Waals surface area contributed by atoms with Crippen LogP contribution >= 0.6 is 0 Å². The molecule has 4 nitrogen and oxygen atoms in total. The first-order chi connectivity index (χ1) is 6.99. The monoisotopic (exact) mass is 214 g/mol. The molecule has 0 aliphatic heterocycles. The van der Waals surface area contributed by atoms with E-state index < -0.39 is 17.9 Å². The van der Waals surface area contributed by atoms with Crippen molar-refractivity contribution in [2.24, 2.45) is 0 Å². The topological polar surface area (TPSA) is 66.8 Å². The Hall–Kier alpha value is -1.62. The van der Waals surface area contributed by atoms with Gasteiger partial charge in [-0.1, -0.05) is 0 Å². The molecule has 5 heteroatoms. The fourth-order valence-corrected chi connectivity index (χ4v) is 1.31. The van der Waals surface area contributed by atoms with Crippen LogP contribution in [0.3, 0.4) is 0 Å². The third-order valence-electron chi connectivity index (χ3n) is 2.10. The summed E-state index contributed by atoms with van der Waals surface area (Å²) in [5.74, 6) is -1.85. The van der Waals surface area contributed by atoms with Crippen molar-refractivity contribution >= 4 is 5.97 Å². The smallest absolute Gasteiger partial charge is 0.337 e. The molecule has 1 rings (SSSR count). The average molecular weight is 214 g/mol. The third-order valence-corrected chi connectivity index (χ3v) is 2.10. The minimum absolute atomic E-state index is 0.0453. The van der Waals surface area contributed by atoms with Gasteiger partial charge in [-0.15, -0.1) is 0 Å². The maximum atomic E-state index is 13.1. The van der Waals surface area contributed by atoms with Crippen molar-refractivity contribution in [3.8, 4) is 5.75 Å². The largest absolute Gasteiger partial charge is 0.496 e. The van der Waals surface area contributed by atoms with Gasteiger partial charge in [0.1, 0.15) is 11.6 Å². The van der Waals surface area contributed by atoms with Crippen LogP contribution in [-0.2, 0) is 4.79 Å². The van der Waals surface area contributed by atoms with Crippen LogP contribution in [0.2, 0.25) is 0 Å². The zero-order valence-electron chi connectivity index (χ0n) is 8.32. The van der Waals surface area contributed by atoms with Crippen molar-refractivity contribution in [3.05, 3.63) is 29.1 Å². The molecule has 1 aromatic rings. The van der Waals surface area contributed by atoms with Gasteiger partial charge < -0.3 is 14.9 Å². The second-order valence-corrected chi connectivity index (χ2v) is 3.04. The molecule has 0 aliphatic carbocycles. The molecule has 0 heterocycles. The second kappa shape index (κ2) is 4.27. The molecular weight excluding hydrogens is 203 g/mol. The molecule has 1 unspecified atom stereocenters. The van der Waals surface area contributed by atoms with Gasteiger partial charge in [0.05, 0.1) is 7.11 Å². The highest BCUT2D eigenvalue weighted by atomic mass is 19.1. The first-order valence-corrected chi connectivity index (χ1v) is 4.23. The maximum absolute atomic E-state index is 13.1. The molecule has 0 saturated carbocycles. The second-order valence-electron chi connectivity index (χ2n) is 3.04. The number of methoxy groups -OCH3 is 1. The van der Waals surface area contributed by atoms with Gasteiger partial charge in [-0.3, -0.25) is 0 Å². The highest BCUT2D eigenvalue weighted by Crippen LogP contribution is 2.30. The lowest BCUT2D eigenvalue weighted by atomic mass is 10.0. The third kappa shape index (κ3) is 2.07. The van der Waals surface area contributed by atoms with Gasteiger partial charge >= 0.3 is 5.97 Å². The van der Waals surface area contributed by atoms with Crippen LogP contribution < -0.4 is 4.74 Å². The van der Waals surface area contributed by atoms with Gasteiger partial charge in [0.15, 0.2) is 6.10 Å². The summed E-state index contributed by atoms with van der Waals surface area (Å²) in [7, 11) is 1.29. The molecule has 82 valence electrons. The lowest BCUT2D eigenvalue weighted by Crippen LogP contribution is -2.12. The number of hydrogen-bond donors (Lipinski definition) is 2. The first-order valence-electron chi connectivity index (χ1n) is 4.23. The molecule has 0 spiro atoms. The Labute approximate surface area is 85.9 Å². The fraction of sp³-hybridized carbons (Fsp3) is 0.300. The van der Waals surface area contributed by atoms with E-state index in [9.17, 15) is 14.3 Å². The Bertz CT molecular complexity index is 389. The van der Waals surface area contributed by atoms with Crippen molar-refractivity contribution in [2.75, 3.05) is 7.11 Å². The molecule has 2 N–H and O–H groups in total. The Morgan fingerprint density at radius 3 is 2.60 bits per heavy atom. The van der Waals surface area contributed by atoms with E-state index in [0.29, 0.717) is 0 Å². The van der Waals surface area contributed by atoms with E-state index in [1.165, 1.54) is 20.1 Å². The van der Waals surface area contributed by atoms with Crippen LogP contribution in [0.5, 0.6) is 5.75 Å². The van der Waals surface area contributed by atoms with Gasteiger partial charge in [0.2, 0.25) is 0 Å². The highest BCUT2D eigenvalue weighted by molar-refractivity contribution is 5.75. The van der Waals surface area contributed by atoms with Crippen LogP contribution in [0, 0.1) is 12.7 Å². The zero-order valence-corrected chi connectivity index (χ0v) is 8.32. The Morgan fingerprint density at radius 2 is 2.13 bits per heavy atom. The standard InChI is InChI=1S/C10H11FO4/c1-5-7(11)4-3-6(9(5)15-2)8(12)10(13)14/h3-4,8,12H,1-2H3,(H,13,14). The molecule has 0 fully saturated rings. The van der Waals surface area contributed by atoms with E-state index in [1.54, 1.807) is 0 Å². The van der Waals surface area contributed by atoms with E-state index in [-0.39, 0.29) is 16.9 Å². The first kappa shape index (κ1) is 11.5. The summed E-state index contributed by atoms with van der Waals surface area (Å²) < 4.78 is 18.0. The van der Waals surface area contributed by atoms with E-state index in [2.05, 4.69) is 0 Å². The van der Waals surface area contributed by atoms with E-state index in [1.807, 2.05) is 0 Å². The van der Waals surface area contributed by atoms with Crippen LogP contribution in [0.4, 0.5) is 4.39 Å². The summed E-state index contributed by atoms with van der Waals surface area (Å²) in [4.78, 5) is 10.6. The van der Waals surface area contributed by atoms with Gasteiger partial charge in [0.25, 0.3) is 0 Å². The van der Waals surface area contributed by atoms with Crippen molar-refractivity contribution in [1.29, 1.82) is 0 Å². The Morgan fingerprint density at radius 1 is 1.53 bits per heavy atom. The van der Waals surface area contributed by atoms with Crippen molar-refractivity contribution in [2.45, 2.75) is 13.0 Å². The van der Waals surface area contributed by atoms with Crippen molar-refractivity contribution < 1.29 is 24.1 Å². The number of aliphatic hydroxyl groups is 1. The molecule has 0 saturated heterocycles. The quantitative estimate of drug-likeness (QED) is 0.794. The summed E-state index contributed by atoms with van der Waals surface area (Å²) in [6, 6.07) is 2.29. The lowest BCUT2D eigenvalue weighted by Gasteiger charge is -2.13. The number of carboxylic acid groups (broad SMARTS) is 1. The van der Waals surface area contributed by atoms with Crippen LogP contribution in [0.1, 0.15) is 17.2 Å². The normalized spacial score (nSPS) is 12.3. The number of ether oxygens (including phenoxy) is 1.